The number of phenols is 1. The number of carbonyl (C=O) groups is 10. The van der Waals surface area contributed by atoms with Crippen molar-refractivity contribution in [1.29, 1.82) is 0 Å². The molecule has 1 aromatic carbocycles. The van der Waals surface area contributed by atoms with E-state index in [0.29, 0.717) is 89.0 Å². The molecule has 0 aliphatic rings. The third-order valence-electron chi connectivity index (χ3n) is 14.2. The Balaban J connectivity index is 3.45. The summed E-state index contributed by atoms with van der Waals surface area (Å²) in [7, 11) is 0. The van der Waals surface area contributed by atoms with E-state index in [2.05, 4.69) is 57.8 Å². The molecule has 28 nitrogen and oxygen atoms in total. The van der Waals surface area contributed by atoms with Gasteiger partial charge in [-0.3, -0.25) is 57.9 Å². The molecule has 0 aliphatic heterocycles. The van der Waals surface area contributed by atoms with Gasteiger partial charge in [0.15, 0.2) is 11.9 Å². The molecule has 0 fully saturated rings. The van der Waals surface area contributed by atoms with Crippen LogP contribution in [0.1, 0.15) is 188 Å². The van der Waals surface area contributed by atoms with Crippen LogP contribution in [0.5, 0.6) is 5.75 Å². The first-order valence-electron chi connectivity index (χ1n) is 31.1. The van der Waals surface area contributed by atoms with Gasteiger partial charge >= 0.3 is 0 Å². The van der Waals surface area contributed by atoms with Crippen LogP contribution in [0.3, 0.4) is 0 Å². The Bertz CT molecular complexity index is 2350. The Morgan fingerprint density at radius 2 is 0.678 bits per heavy atom. The average Bonchev–Trinajstić information content (AvgIpc) is 3.60. The molecule has 28 heteroatoms. The third kappa shape index (κ3) is 33.1. The van der Waals surface area contributed by atoms with Gasteiger partial charge in [-0.15, -0.1) is 0 Å². The zero-order valence-electron chi connectivity index (χ0n) is 52.3. The second kappa shape index (κ2) is 44.6. The monoisotopic (exact) mass is 1230 g/mol. The Labute approximate surface area is 513 Å². The van der Waals surface area contributed by atoms with Crippen LogP contribution in [0, 0.1) is 0 Å². The van der Waals surface area contributed by atoms with Crippen molar-refractivity contribution in [2.45, 2.75) is 244 Å². The number of phenolic OH excluding ortho intramolecular Hbond substituents is 1. The lowest BCUT2D eigenvalue weighted by molar-refractivity contribution is -0.136. The van der Waals surface area contributed by atoms with E-state index in [1.807, 2.05) is 41.5 Å². The molecule has 87 heavy (non-hydrogen) atoms. The molecule has 9 unspecified atom stereocenters. The first kappa shape index (κ1) is 77.2. The highest BCUT2D eigenvalue weighted by atomic mass is 16.3. The number of nitrogens with two attached hydrogens (primary N) is 6. The second-order valence-corrected chi connectivity index (χ2v) is 21.9. The van der Waals surface area contributed by atoms with E-state index in [9.17, 15) is 53.1 Å². The number of carbonyl (C=O) groups excluding carboxylic acids is 10. The molecule has 1 rings (SSSR count). The van der Waals surface area contributed by atoms with Crippen LogP contribution in [0.25, 0.3) is 0 Å². The summed E-state index contributed by atoms with van der Waals surface area (Å²) in [6, 6.07) is -4.22. The van der Waals surface area contributed by atoms with E-state index in [1.54, 1.807) is 12.1 Å². The first-order chi connectivity index (χ1) is 41.4. The van der Waals surface area contributed by atoms with Gasteiger partial charge in [0.2, 0.25) is 59.1 Å². The molecule has 0 aromatic heterocycles. The fourth-order valence-electron chi connectivity index (χ4n) is 9.02. The van der Waals surface area contributed by atoms with E-state index in [0.717, 1.165) is 0 Å². The molecular formula is C59H105N17O11. The topological polar surface area (TPSA) is 480 Å². The molecule has 0 saturated heterocycles. The van der Waals surface area contributed by atoms with E-state index in [-0.39, 0.29) is 95.0 Å². The summed E-state index contributed by atoms with van der Waals surface area (Å²) < 4.78 is 0. The van der Waals surface area contributed by atoms with E-state index >= 15 is 0 Å². The Morgan fingerprint density at radius 3 is 0.977 bits per heavy atom. The summed E-state index contributed by atoms with van der Waals surface area (Å²) in [5.74, 6) is -7.16. The summed E-state index contributed by atoms with van der Waals surface area (Å²) in [6.45, 7) is 11.2. The highest BCUT2D eigenvalue weighted by Gasteiger charge is 2.34. The maximum atomic E-state index is 14.5. The number of hydrogen-bond acceptors (Lipinski definition) is 14. The highest BCUT2D eigenvalue weighted by molar-refractivity contribution is 5.98. The standard InChI is InChI=1S/C59H105N17O11/c1-7-13-22-40(51(81)68-36-48(78)69-47(49(61)79)35-37-29-31-38(77)32-30-37)71-53(83)42(24-15-9-3)73-55(85)44(26-17-11-5)75-57(87)46(28-20-34-67-59(64)65)76-56(86)45(27-18-12-6)74-54(84)43(25-16-10-4)72-52(82)41(23-14-8-2)70-50(80)39(60)21-19-33-66-58(62)63/h29-32,39-47,77H,7-28,33-36,60H2,1-6H3,(H2,61,79)(H,68,81)(H,69,78)(H,70,80)(H,71,83)(H,72,82)(H,73,85)(H,74,84)(H,75,87)(H,76,86)(H4,62,63,66)(H4,64,65,67). The molecule has 492 valence electrons. The largest absolute Gasteiger partial charge is 0.508 e. The predicted octanol–water partition coefficient (Wildman–Crippen LogP) is -0.00970. The number of nitrogens with one attached hydrogen (secondary N) is 9. The Hall–Kier alpha value is -7.78. The van der Waals surface area contributed by atoms with Crippen LogP contribution in [-0.4, -0.2) is 150 Å². The molecule has 22 N–H and O–H groups in total. The van der Waals surface area contributed by atoms with E-state index in [1.165, 1.54) is 12.1 Å². The predicted molar refractivity (Wildman–Crippen MR) is 334 cm³/mol. The van der Waals surface area contributed by atoms with Crippen LogP contribution < -0.4 is 82.3 Å². The van der Waals surface area contributed by atoms with Gasteiger partial charge in [0.25, 0.3) is 0 Å². The summed E-state index contributed by atoms with van der Waals surface area (Å²) >= 11 is 0. The van der Waals surface area contributed by atoms with Gasteiger partial charge in [-0.25, -0.2) is 0 Å². The minimum absolute atomic E-state index is 0.0131. The minimum Gasteiger partial charge on any atom is -0.508 e. The zero-order chi connectivity index (χ0) is 65.3. The van der Waals surface area contributed by atoms with Crippen LogP contribution in [0.2, 0.25) is 0 Å². The first-order valence-corrected chi connectivity index (χ1v) is 31.1. The highest BCUT2D eigenvalue weighted by Crippen LogP contribution is 2.14. The van der Waals surface area contributed by atoms with Gasteiger partial charge in [-0.05, 0) is 81.9 Å². The Kier molecular flexibility index (Phi) is 39.6. The van der Waals surface area contributed by atoms with Crippen molar-refractivity contribution in [1.82, 2.24) is 47.9 Å². The molecule has 0 heterocycles. The molecule has 0 radical (unpaired) electrons. The lowest BCUT2D eigenvalue weighted by Gasteiger charge is -2.28. The van der Waals surface area contributed by atoms with Crippen molar-refractivity contribution in [2.75, 3.05) is 19.6 Å². The molecule has 0 saturated carbocycles. The Morgan fingerprint density at radius 1 is 0.391 bits per heavy atom. The number of primary amides is 1. The number of unbranched alkanes of at least 4 members (excludes halogenated alkanes) is 6. The zero-order valence-corrected chi connectivity index (χ0v) is 52.3. The smallest absolute Gasteiger partial charge is 0.243 e. The molecule has 0 bridgehead atoms. The van der Waals surface area contributed by atoms with Crippen LogP contribution in [-0.2, 0) is 54.4 Å². The van der Waals surface area contributed by atoms with Crippen molar-refractivity contribution < 1.29 is 53.1 Å². The van der Waals surface area contributed by atoms with Crippen molar-refractivity contribution in [2.24, 2.45) is 44.4 Å². The van der Waals surface area contributed by atoms with Crippen LogP contribution in [0.15, 0.2) is 34.3 Å². The summed E-state index contributed by atoms with van der Waals surface area (Å²) in [5, 5.41) is 34.1. The molecule has 10 amide bonds. The molecule has 9 atom stereocenters. The lowest BCUT2D eigenvalue weighted by atomic mass is 10.0. The number of amides is 10. The van der Waals surface area contributed by atoms with Crippen molar-refractivity contribution in [3.8, 4) is 5.75 Å². The van der Waals surface area contributed by atoms with E-state index < -0.39 is 120 Å². The molecule has 0 aliphatic carbocycles. The number of rotatable bonds is 47. The SMILES string of the molecule is CCCCC(NC(=O)C(N)CCCN=C(N)N)C(=O)NC(CCCC)C(=O)NC(CCCC)C(=O)NC(CCCN=C(N)N)C(=O)NC(CCCC)C(=O)NC(CCCC)C(=O)NC(CCCC)C(=O)NCC(=O)NC(Cc1ccc(O)cc1)C(N)=O. The maximum absolute atomic E-state index is 14.5. The lowest BCUT2D eigenvalue weighted by Crippen LogP contribution is -2.60. The van der Waals surface area contributed by atoms with E-state index in [4.69, 9.17) is 34.4 Å². The maximum Gasteiger partial charge on any atom is 0.243 e. The fourth-order valence-corrected chi connectivity index (χ4v) is 9.02. The van der Waals surface area contributed by atoms with Gasteiger partial charge in [0, 0.05) is 19.5 Å². The fraction of sp³-hybridized carbons (Fsp3) is 0.695. The summed E-state index contributed by atoms with van der Waals surface area (Å²) in [4.78, 5) is 146. The number of aliphatic imine (C=N–C) groups is 2. The number of nitrogens with zero attached hydrogens (tertiary/aromatic N) is 2. The average molecular weight is 1230 g/mol. The van der Waals surface area contributed by atoms with Crippen LogP contribution >= 0.6 is 0 Å². The quantitative estimate of drug-likeness (QED) is 0.0232. The number of aromatic hydroxyl groups is 1. The summed E-state index contributed by atoms with van der Waals surface area (Å²) in [6.07, 6.45) is 8.95. The van der Waals surface area contributed by atoms with Gasteiger partial charge < -0.3 is 87.4 Å². The van der Waals surface area contributed by atoms with Crippen LogP contribution in [0.4, 0.5) is 0 Å². The van der Waals surface area contributed by atoms with Crippen molar-refractivity contribution in [3.05, 3.63) is 29.8 Å². The number of guanidine groups is 2. The normalized spacial score (nSPS) is 14.1. The molecule has 1 aromatic rings. The molecule has 0 spiro atoms. The third-order valence-corrected chi connectivity index (χ3v) is 14.2. The second-order valence-electron chi connectivity index (χ2n) is 21.9. The van der Waals surface area contributed by atoms with Gasteiger partial charge in [-0.2, -0.15) is 0 Å². The minimum atomic E-state index is -1.29. The summed E-state index contributed by atoms with van der Waals surface area (Å²) in [5.41, 5.74) is 34.3. The van der Waals surface area contributed by atoms with Gasteiger partial charge in [0.05, 0.1) is 12.6 Å². The van der Waals surface area contributed by atoms with Gasteiger partial charge in [-0.1, -0.05) is 131 Å². The molecular weight excluding hydrogens is 1120 g/mol. The number of benzene rings is 1. The van der Waals surface area contributed by atoms with Crippen molar-refractivity contribution in [3.63, 3.8) is 0 Å². The van der Waals surface area contributed by atoms with Crippen molar-refractivity contribution >= 4 is 71.0 Å². The number of hydrogen-bond donors (Lipinski definition) is 16. The van der Waals surface area contributed by atoms with Gasteiger partial charge in [0.1, 0.15) is 54.1 Å².